The Labute approximate surface area is 170 Å². The lowest BCUT2D eigenvalue weighted by Gasteiger charge is -2.33. The quantitative estimate of drug-likeness (QED) is 0.370. The molecule has 5 heteroatoms. The van der Waals surface area contributed by atoms with Crippen molar-refractivity contribution < 1.29 is 14.7 Å². The second-order valence-electron chi connectivity index (χ2n) is 8.16. The molecule has 28 heavy (non-hydrogen) atoms. The number of rotatable bonds is 13. The minimum absolute atomic E-state index is 0.0797. The summed E-state index contributed by atoms with van der Waals surface area (Å²) in [7, 11) is 0. The Hall–Kier alpha value is -1.62. The summed E-state index contributed by atoms with van der Waals surface area (Å²) in [6.07, 6.45) is 18.7. The van der Waals surface area contributed by atoms with Crippen LogP contribution in [0.2, 0.25) is 0 Å². The van der Waals surface area contributed by atoms with Crippen molar-refractivity contribution in [2.24, 2.45) is 0 Å². The van der Waals surface area contributed by atoms with Crippen LogP contribution in [0.1, 0.15) is 84.0 Å². The smallest absolute Gasteiger partial charge is 0.223 e. The lowest BCUT2D eigenvalue weighted by Crippen LogP contribution is -2.42. The van der Waals surface area contributed by atoms with E-state index in [9.17, 15) is 14.7 Å². The van der Waals surface area contributed by atoms with Gasteiger partial charge in [-0.3, -0.25) is 9.59 Å². The number of aliphatic hydroxyl groups is 1. The standard InChI is InChI=1S/C23H38N2O3/c1-2-3-6-11-21(26)17-16-20-10-9-13-23(28)25(20)18-8-5-4-7-12-22(27)24-19-14-15-19/h5,8,16-17,19-21,26H,2-4,6-7,9-15,18H2,1H3,(H,24,27)/b8-5-,17-16+/t20-,21?/m1/s1. The average molecular weight is 391 g/mol. The van der Waals surface area contributed by atoms with E-state index in [1.807, 2.05) is 23.1 Å². The van der Waals surface area contributed by atoms with Crippen LogP contribution in [-0.4, -0.2) is 46.6 Å². The van der Waals surface area contributed by atoms with Gasteiger partial charge in [0, 0.05) is 25.4 Å². The molecule has 0 aromatic carbocycles. The fraction of sp³-hybridized carbons (Fsp3) is 0.739. The molecular formula is C23H38N2O3. The summed E-state index contributed by atoms with van der Waals surface area (Å²) in [4.78, 5) is 25.9. The summed E-state index contributed by atoms with van der Waals surface area (Å²) in [5, 5.41) is 13.1. The van der Waals surface area contributed by atoms with E-state index in [-0.39, 0.29) is 17.9 Å². The van der Waals surface area contributed by atoms with Gasteiger partial charge in [0.25, 0.3) is 0 Å². The van der Waals surface area contributed by atoms with Crippen LogP contribution in [0.4, 0.5) is 0 Å². The molecule has 0 spiro atoms. The monoisotopic (exact) mass is 390 g/mol. The van der Waals surface area contributed by atoms with Crippen molar-refractivity contribution in [3.63, 3.8) is 0 Å². The van der Waals surface area contributed by atoms with Gasteiger partial charge in [-0.15, -0.1) is 0 Å². The van der Waals surface area contributed by atoms with Gasteiger partial charge in [0.05, 0.1) is 12.1 Å². The first kappa shape index (κ1) is 22.7. The molecule has 0 bridgehead atoms. The van der Waals surface area contributed by atoms with E-state index < -0.39 is 6.10 Å². The van der Waals surface area contributed by atoms with Gasteiger partial charge in [0.2, 0.25) is 11.8 Å². The molecule has 2 atom stereocenters. The Bertz CT molecular complexity index is 540. The molecule has 1 unspecified atom stereocenters. The third-order valence-corrected chi connectivity index (χ3v) is 5.46. The van der Waals surface area contributed by atoms with Gasteiger partial charge in [-0.1, -0.05) is 50.5 Å². The summed E-state index contributed by atoms with van der Waals surface area (Å²) >= 11 is 0. The lowest BCUT2D eigenvalue weighted by molar-refractivity contribution is -0.134. The minimum Gasteiger partial charge on any atom is -0.389 e. The van der Waals surface area contributed by atoms with Crippen LogP contribution in [0.15, 0.2) is 24.3 Å². The molecule has 1 saturated heterocycles. The molecule has 2 N–H and O–H groups in total. The maximum absolute atomic E-state index is 12.3. The molecule has 1 heterocycles. The predicted octanol–water partition coefficient (Wildman–Crippen LogP) is 3.87. The lowest BCUT2D eigenvalue weighted by atomic mass is 10.00. The van der Waals surface area contributed by atoms with Gasteiger partial charge in [0.1, 0.15) is 0 Å². The number of unbranched alkanes of at least 4 members (excludes halogenated alkanes) is 3. The van der Waals surface area contributed by atoms with Crippen LogP contribution < -0.4 is 5.32 Å². The molecule has 2 fully saturated rings. The number of likely N-dealkylation sites (tertiary alicyclic amines) is 1. The van der Waals surface area contributed by atoms with Crippen LogP contribution in [-0.2, 0) is 9.59 Å². The van der Waals surface area contributed by atoms with E-state index in [0.29, 0.717) is 25.4 Å². The zero-order valence-electron chi connectivity index (χ0n) is 17.4. The highest BCUT2D eigenvalue weighted by molar-refractivity contribution is 5.78. The summed E-state index contributed by atoms with van der Waals surface area (Å²) in [5.41, 5.74) is 0. The largest absolute Gasteiger partial charge is 0.389 e. The SMILES string of the molecule is CCCCCC(O)/C=C/[C@H]1CCCC(=O)N1C/C=C\CCCC(=O)NC1CC1. The second kappa shape index (κ2) is 12.8. The Balaban J connectivity index is 1.69. The van der Waals surface area contributed by atoms with Crippen molar-refractivity contribution >= 4 is 11.8 Å². The minimum atomic E-state index is -0.414. The molecule has 2 rings (SSSR count). The molecule has 0 aromatic heterocycles. The number of nitrogens with zero attached hydrogens (tertiary/aromatic N) is 1. The first-order valence-electron chi connectivity index (χ1n) is 11.2. The molecule has 1 aliphatic carbocycles. The van der Waals surface area contributed by atoms with Crippen LogP contribution in [0.25, 0.3) is 0 Å². The number of hydrogen-bond donors (Lipinski definition) is 2. The van der Waals surface area contributed by atoms with E-state index in [2.05, 4.69) is 18.3 Å². The van der Waals surface area contributed by atoms with Crippen molar-refractivity contribution in [3.8, 4) is 0 Å². The Morgan fingerprint density at radius 2 is 2.07 bits per heavy atom. The Kier molecular flexibility index (Phi) is 10.3. The number of hydrogen-bond acceptors (Lipinski definition) is 3. The zero-order chi connectivity index (χ0) is 20.2. The summed E-state index contributed by atoms with van der Waals surface area (Å²) in [6.45, 7) is 2.76. The molecule has 2 amide bonds. The number of allylic oxidation sites excluding steroid dienone is 1. The molecule has 5 nitrogen and oxygen atoms in total. The Morgan fingerprint density at radius 1 is 1.25 bits per heavy atom. The molecule has 158 valence electrons. The normalized spacial score (nSPS) is 21.6. The number of nitrogens with one attached hydrogen (secondary N) is 1. The van der Waals surface area contributed by atoms with Crippen LogP contribution >= 0.6 is 0 Å². The highest BCUT2D eigenvalue weighted by Gasteiger charge is 2.25. The molecular weight excluding hydrogens is 352 g/mol. The highest BCUT2D eigenvalue weighted by atomic mass is 16.3. The maximum atomic E-state index is 12.3. The summed E-state index contributed by atoms with van der Waals surface area (Å²) in [5.74, 6) is 0.347. The zero-order valence-corrected chi connectivity index (χ0v) is 17.4. The van der Waals surface area contributed by atoms with Crippen LogP contribution in [0.5, 0.6) is 0 Å². The van der Waals surface area contributed by atoms with Crippen molar-refractivity contribution in [2.75, 3.05) is 6.54 Å². The number of piperidine rings is 1. The molecule has 0 aromatic rings. The topological polar surface area (TPSA) is 69.6 Å². The number of carbonyl (C=O) groups excluding carboxylic acids is 2. The van der Waals surface area contributed by atoms with Crippen LogP contribution in [0.3, 0.4) is 0 Å². The van der Waals surface area contributed by atoms with E-state index in [1.54, 1.807) is 0 Å². The first-order chi connectivity index (χ1) is 13.6. The molecule has 1 saturated carbocycles. The number of amides is 2. The van der Waals surface area contributed by atoms with Gasteiger partial charge in [-0.2, -0.15) is 0 Å². The van der Waals surface area contributed by atoms with Gasteiger partial charge in [-0.05, 0) is 44.9 Å². The predicted molar refractivity (Wildman–Crippen MR) is 113 cm³/mol. The van der Waals surface area contributed by atoms with Gasteiger partial charge >= 0.3 is 0 Å². The molecule has 0 radical (unpaired) electrons. The van der Waals surface area contributed by atoms with Crippen molar-refractivity contribution in [2.45, 2.75) is 102 Å². The fourth-order valence-electron chi connectivity index (χ4n) is 3.55. The highest BCUT2D eigenvalue weighted by Crippen LogP contribution is 2.20. The maximum Gasteiger partial charge on any atom is 0.223 e. The average Bonchev–Trinajstić information content (AvgIpc) is 3.48. The number of aliphatic hydroxyl groups excluding tert-OH is 1. The van der Waals surface area contributed by atoms with Crippen molar-refractivity contribution in [1.29, 1.82) is 0 Å². The van der Waals surface area contributed by atoms with E-state index in [4.69, 9.17) is 0 Å². The Morgan fingerprint density at radius 3 is 2.82 bits per heavy atom. The van der Waals surface area contributed by atoms with Crippen LogP contribution in [0, 0.1) is 0 Å². The fourth-order valence-corrected chi connectivity index (χ4v) is 3.55. The molecule has 2 aliphatic rings. The van der Waals surface area contributed by atoms with Gasteiger partial charge in [0.15, 0.2) is 0 Å². The number of carbonyl (C=O) groups is 2. The third-order valence-electron chi connectivity index (χ3n) is 5.46. The van der Waals surface area contributed by atoms with Crippen molar-refractivity contribution in [1.82, 2.24) is 10.2 Å². The third kappa shape index (κ3) is 9.05. The second-order valence-corrected chi connectivity index (χ2v) is 8.16. The van der Waals surface area contributed by atoms with E-state index >= 15 is 0 Å². The summed E-state index contributed by atoms with van der Waals surface area (Å²) < 4.78 is 0. The molecule has 1 aliphatic heterocycles. The summed E-state index contributed by atoms with van der Waals surface area (Å²) in [6, 6.07) is 0.513. The van der Waals surface area contributed by atoms with Gasteiger partial charge in [-0.25, -0.2) is 0 Å². The van der Waals surface area contributed by atoms with E-state index in [0.717, 1.165) is 64.2 Å². The first-order valence-corrected chi connectivity index (χ1v) is 11.2. The van der Waals surface area contributed by atoms with Gasteiger partial charge < -0.3 is 15.3 Å². The van der Waals surface area contributed by atoms with Crippen molar-refractivity contribution in [3.05, 3.63) is 24.3 Å². The van der Waals surface area contributed by atoms with E-state index in [1.165, 1.54) is 0 Å².